The number of amides is 1. The molecule has 0 aromatic heterocycles. The van der Waals surface area contributed by atoms with Gasteiger partial charge in [-0.15, -0.1) is 0 Å². The zero-order valence-corrected chi connectivity index (χ0v) is 13.1. The van der Waals surface area contributed by atoms with Crippen molar-refractivity contribution in [3.8, 4) is 0 Å². The number of carbonyl (C=O) groups is 1. The van der Waals surface area contributed by atoms with Gasteiger partial charge in [0.15, 0.2) is 0 Å². The Hall–Kier alpha value is -2.99. The van der Waals surface area contributed by atoms with E-state index in [0.29, 0.717) is 19.8 Å². The molecule has 0 radical (unpaired) electrons. The molecule has 0 spiro atoms. The maximum absolute atomic E-state index is 11.7. The van der Waals surface area contributed by atoms with Gasteiger partial charge in [0.1, 0.15) is 0 Å². The highest BCUT2D eigenvalue weighted by atomic mass is 16.6. The van der Waals surface area contributed by atoms with Crippen LogP contribution in [-0.2, 0) is 16.1 Å². The topological polar surface area (TPSA) is 81.5 Å². The zero-order valence-electron chi connectivity index (χ0n) is 13.1. The van der Waals surface area contributed by atoms with Crippen LogP contribution in [0.4, 0.5) is 5.69 Å². The predicted molar refractivity (Wildman–Crippen MR) is 91.2 cm³/mol. The Morgan fingerprint density at radius 1 is 1.12 bits per heavy atom. The van der Waals surface area contributed by atoms with Crippen LogP contribution >= 0.6 is 0 Å². The molecule has 0 atom stereocenters. The first-order valence-corrected chi connectivity index (χ1v) is 7.47. The van der Waals surface area contributed by atoms with Crippen molar-refractivity contribution in [2.75, 3.05) is 13.2 Å². The van der Waals surface area contributed by atoms with Gasteiger partial charge in [-0.1, -0.05) is 30.3 Å². The standard InChI is InChI=1S/C18H18N2O4/c21-18(11-8-15-6-9-17(10-7-15)20(22)23)19-12-13-24-14-16-4-2-1-3-5-16/h1-11H,12-14H2,(H,19,21)/b11-8+. The second kappa shape index (κ2) is 9.22. The van der Waals surface area contributed by atoms with Gasteiger partial charge in [-0.3, -0.25) is 14.9 Å². The molecule has 2 aromatic carbocycles. The summed E-state index contributed by atoms with van der Waals surface area (Å²) < 4.78 is 5.47. The molecule has 0 aliphatic rings. The minimum Gasteiger partial charge on any atom is -0.375 e. The monoisotopic (exact) mass is 326 g/mol. The number of carbonyl (C=O) groups excluding carboxylic acids is 1. The minimum atomic E-state index is -0.463. The highest BCUT2D eigenvalue weighted by Crippen LogP contribution is 2.12. The summed E-state index contributed by atoms with van der Waals surface area (Å²) in [6.07, 6.45) is 2.99. The third kappa shape index (κ3) is 6.02. The fourth-order valence-corrected chi connectivity index (χ4v) is 1.95. The van der Waals surface area contributed by atoms with Crippen molar-refractivity contribution < 1.29 is 14.5 Å². The Balaban J connectivity index is 1.66. The molecular weight excluding hydrogens is 308 g/mol. The molecule has 0 bridgehead atoms. The smallest absolute Gasteiger partial charge is 0.269 e. The van der Waals surface area contributed by atoms with E-state index in [1.54, 1.807) is 18.2 Å². The van der Waals surface area contributed by atoms with Gasteiger partial charge in [0.2, 0.25) is 5.91 Å². The average Bonchev–Trinajstić information content (AvgIpc) is 2.61. The molecule has 6 heteroatoms. The molecule has 0 aliphatic heterocycles. The summed E-state index contributed by atoms with van der Waals surface area (Å²) in [4.78, 5) is 21.8. The minimum absolute atomic E-state index is 0.0205. The Morgan fingerprint density at radius 3 is 2.50 bits per heavy atom. The van der Waals surface area contributed by atoms with Crippen molar-refractivity contribution in [3.05, 3.63) is 81.9 Å². The normalized spacial score (nSPS) is 10.7. The lowest BCUT2D eigenvalue weighted by molar-refractivity contribution is -0.384. The molecule has 24 heavy (non-hydrogen) atoms. The van der Waals surface area contributed by atoms with Gasteiger partial charge < -0.3 is 10.1 Å². The van der Waals surface area contributed by atoms with Crippen molar-refractivity contribution in [2.45, 2.75) is 6.61 Å². The zero-order chi connectivity index (χ0) is 17.2. The lowest BCUT2D eigenvalue weighted by atomic mass is 10.2. The van der Waals surface area contributed by atoms with E-state index in [9.17, 15) is 14.9 Å². The van der Waals surface area contributed by atoms with E-state index < -0.39 is 4.92 Å². The number of nitrogens with zero attached hydrogens (tertiary/aromatic N) is 1. The lowest BCUT2D eigenvalue weighted by Gasteiger charge is -2.05. The van der Waals surface area contributed by atoms with Gasteiger partial charge in [0, 0.05) is 24.8 Å². The SMILES string of the molecule is O=C(/C=C/c1ccc([N+](=O)[O-])cc1)NCCOCc1ccccc1. The first kappa shape index (κ1) is 17.4. The summed E-state index contributed by atoms with van der Waals surface area (Å²) in [6, 6.07) is 15.8. The number of rotatable bonds is 8. The van der Waals surface area contributed by atoms with Gasteiger partial charge in [-0.05, 0) is 29.3 Å². The van der Waals surface area contributed by atoms with Crippen LogP contribution in [0.25, 0.3) is 6.08 Å². The number of hydrogen-bond donors (Lipinski definition) is 1. The molecule has 2 rings (SSSR count). The highest BCUT2D eigenvalue weighted by molar-refractivity contribution is 5.91. The van der Waals surface area contributed by atoms with Crippen LogP contribution in [0, 0.1) is 10.1 Å². The van der Waals surface area contributed by atoms with E-state index in [-0.39, 0.29) is 11.6 Å². The van der Waals surface area contributed by atoms with Crippen molar-refractivity contribution in [2.24, 2.45) is 0 Å². The van der Waals surface area contributed by atoms with Crippen LogP contribution in [0.5, 0.6) is 0 Å². The van der Waals surface area contributed by atoms with Gasteiger partial charge in [-0.25, -0.2) is 0 Å². The molecule has 0 heterocycles. The number of ether oxygens (including phenoxy) is 1. The molecule has 6 nitrogen and oxygen atoms in total. The van der Waals surface area contributed by atoms with Crippen molar-refractivity contribution >= 4 is 17.7 Å². The average molecular weight is 326 g/mol. The van der Waals surface area contributed by atoms with Crippen molar-refractivity contribution in [1.82, 2.24) is 5.32 Å². The fourth-order valence-electron chi connectivity index (χ4n) is 1.95. The Bertz CT molecular complexity index is 697. The van der Waals surface area contributed by atoms with Gasteiger partial charge in [0.05, 0.1) is 18.1 Å². The number of nitro groups is 1. The van der Waals surface area contributed by atoms with Gasteiger partial charge in [-0.2, -0.15) is 0 Å². The molecule has 1 N–H and O–H groups in total. The van der Waals surface area contributed by atoms with Crippen molar-refractivity contribution in [1.29, 1.82) is 0 Å². The van der Waals surface area contributed by atoms with E-state index in [1.807, 2.05) is 30.3 Å². The summed E-state index contributed by atoms with van der Waals surface area (Å²) in [5, 5.41) is 13.3. The number of nitro benzene ring substituents is 1. The Morgan fingerprint density at radius 2 is 1.83 bits per heavy atom. The van der Waals surface area contributed by atoms with Crippen LogP contribution in [0.3, 0.4) is 0 Å². The quantitative estimate of drug-likeness (QED) is 0.350. The molecule has 0 aliphatic carbocycles. The van der Waals surface area contributed by atoms with Crippen LogP contribution in [0.1, 0.15) is 11.1 Å². The molecule has 2 aromatic rings. The summed E-state index contributed by atoms with van der Waals surface area (Å²) in [6.45, 7) is 1.34. The van der Waals surface area contributed by atoms with Crippen LogP contribution < -0.4 is 5.32 Å². The summed E-state index contributed by atoms with van der Waals surface area (Å²) in [5.41, 5.74) is 1.82. The fraction of sp³-hybridized carbons (Fsp3) is 0.167. The van der Waals surface area contributed by atoms with E-state index in [0.717, 1.165) is 11.1 Å². The molecule has 0 saturated heterocycles. The molecule has 1 amide bonds. The van der Waals surface area contributed by atoms with E-state index in [2.05, 4.69) is 5.32 Å². The van der Waals surface area contributed by atoms with E-state index >= 15 is 0 Å². The first-order chi connectivity index (χ1) is 11.6. The maximum Gasteiger partial charge on any atom is 0.269 e. The number of hydrogen-bond acceptors (Lipinski definition) is 4. The Kier molecular flexibility index (Phi) is 6.67. The Labute approximate surface area is 139 Å². The lowest BCUT2D eigenvalue weighted by Crippen LogP contribution is -2.25. The van der Waals surface area contributed by atoms with Crippen LogP contribution in [0.15, 0.2) is 60.7 Å². The summed E-state index contributed by atoms with van der Waals surface area (Å²) in [7, 11) is 0. The molecule has 0 unspecified atom stereocenters. The molecule has 124 valence electrons. The summed E-state index contributed by atoms with van der Waals surface area (Å²) in [5.74, 6) is -0.239. The van der Waals surface area contributed by atoms with Gasteiger partial charge >= 0.3 is 0 Å². The van der Waals surface area contributed by atoms with E-state index in [4.69, 9.17) is 4.74 Å². The molecular formula is C18H18N2O4. The maximum atomic E-state index is 11.7. The van der Waals surface area contributed by atoms with Crippen LogP contribution in [0.2, 0.25) is 0 Å². The highest BCUT2D eigenvalue weighted by Gasteiger charge is 2.02. The first-order valence-electron chi connectivity index (χ1n) is 7.47. The third-order valence-corrected chi connectivity index (χ3v) is 3.19. The molecule has 0 saturated carbocycles. The third-order valence-electron chi connectivity index (χ3n) is 3.19. The number of benzene rings is 2. The van der Waals surface area contributed by atoms with Crippen molar-refractivity contribution in [3.63, 3.8) is 0 Å². The summed E-state index contributed by atoms with van der Waals surface area (Å²) >= 11 is 0. The second-order valence-corrected chi connectivity index (χ2v) is 5.01. The van der Waals surface area contributed by atoms with Gasteiger partial charge in [0.25, 0.3) is 5.69 Å². The second-order valence-electron chi connectivity index (χ2n) is 5.01. The van der Waals surface area contributed by atoms with E-state index in [1.165, 1.54) is 18.2 Å². The number of non-ortho nitro benzene ring substituents is 1. The molecule has 0 fully saturated rings. The predicted octanol–water partition coefficient (Wildman–Crippen LogP) is 2.94. The van der Waals surface area contributed by atoms with Crippen LogP contribution in [-0.4, -0.2) is 24.0 Å². The largest absolute Gasteiger partial charge is 0.375 e. The number of nitrogens with one attached hydrogen (secondary N) is 1.